The van der Waals surface area contributed by atoms with Gasteiger partial charge >= 0.3 is 5.56 Å². The Balaban J connectivity index is 2.00. The van der Waals surface area contributed by atoms with E-state index >= 15 is 0 Å². The molecule has 1 heterocycles. The Kier molecular flexibility index (Phi) is 4.56. The number of aryl methyl sites for hydroxylation is 1. The molecular formula is C18H16N4O3. The first-order valence-electron chi connectivity index (χ1n) is 7.53. The van der Waals surface area contributed by atoms with Crippen molar-refractivity contribution in [3.05, 3.63) is 70.3 Å². The van der Waals surface area contributed by atoms with E-state index in [2.05, 4.69) is 15.3 Å². The summed E-state index contributed by atoms with van der Waals surface area (Å²) in [6.45, 7) is 1.64. The number of aromatic hydroxyl groups is 1. The zero-order valence-electron chi connectivity index (χ0n) is 13.7. The molecule has 0 aliphatic rings. The second-order valence-corrected chi connectivity index (χ2v) is 5.25. The average Bonchev–Trinajstić information content (AvgIpc) is 2.62. The van der Waals surface area contributed by atoms with Gasteiger partial charge in [-0.25, -0.2) is 0 Å². The zero-order valence-corrected chi connectivity index (χ0v) is 13.7. The number of hydrogen-bond acceptors (Lipinski definition) is 6. The molecule has 3 aromatic rings. The fourth-order valence-electron chi connectivity index (χ4n) is 2.28. The molecule has 0 aliphatic carbocycles. The third kappa shape index (κ3) is 3.40. The van der Waals surface area contributed by atoms with Crippen molar-refractivity contribution in [3.8, 4) is 22.8 Å². The molecule has 1 aromatic heterocycles. The molecule has 0 saturated carbocycles. The van der Waals surface area contributed by atoms with Gasteiger partial charge in [0, 0.05) is 5.56 Å². The summed E-state index contributed by atoms with van der Waals surface area (Å²) in [6.07, 6.45) is 1.46. The summed E-state index contributed by atoms with van der Waals surface area (Å²) in [7, 11) is 1.47. The van der Waals surface area contributed by atoms with Gasteiger partial charge in [0.05, 0.1) is 13.3 Å². The number of benzene rings is 2. The minimum atomic E-state index is -0.368. The molecule has 0 atom stereocenters. The summed E-state index contributed by atoms with van der Waals surface area (Å²) in [6, 6.07) is 13.9. The lowest BCUT2D eigenvalue weighted by molar-refractivity contribution is 0.373. The molecule has 0 amide bonds. The monoisotopic (exact) mass is 336 g/mol. The summed E-state index contributed by atoms with van der Waals surface area (Å²) in [4.78, 5) is 12.7. The molecule has 7 nitrogen and oxygen atoms in total. The highest BCUT2D eigenvalue weighted by Crippen LogP contribution is 2.25. The summed E-state index contributed by atoms with van der Waals surface area (Å²) in [5.41, 5.74) is 1.14. The number of phenols is 1. The molecule has 0 radical (unpaired) electrons. The van der Waals surface area contributed by atoms with E-state index in [1.165, 1.54) is 24.1 Å². The summed E-state index contributed by atoms with van der Waals surface area (Å²) in [5.74, 6) is 0.717. The standard InChI is InChI=1S/C18H16N4O3/c1-12-20-21-17(14-6-4-3-5-7-14)18(24)22(12)19-11-13-8-9-16(25-2)15(23)10-13/h3-11,23H,1-2H3/b19-11+. The van der Waals surface area contributed by atoms with Gasteiger partial charge in [0.15, 0.2) is 23.0 Å². The van der Waals surface area contributed by atoms with Gasteiger partial charge in [-0.3, -0.25) is 4.79 Å². The van der Waals surface area contributed by atoms with Crippen LogP contribution in [0.1, 0.15) is 11.4 Å². The van der Waals surface area contributed by atoms with Crippen molar-refractivity contribution in [2.75, 3.05) is 7.11 Å². The number of aromatic nitrogens is 3. The highest BCUT2D eigenvalue weighted by molar-refractivity contribution is 5.80. The van der Waals surface area contributed by atoms with Crippen molar-refractivity contribution in [1.29, 1.82) is 0 Å². The lowest BCUT2D eigenvalue weighted by atomic mass is 10.2. The zero-order chi connectivity index (χ0) is 17.8. The molecule has 0 unspecified atom stereocenters. The second kappa shape index (κ2) is 6.96. The van der Waals surface area contributed by atoms with Crippen molar-refractivity contribution in [3.63, 3.8) is 0 Å². The Morgan fingerprint density at radius 2 is 1.92 bits per heavy atom. The number of phenolic OH excluding ortho intramolecular Hbond substituents is 1. The quantitative estimate of drug-likeness (QED) is 0.738. The van der Waals surface area contributed by atoms with E-state index < -0.39 is 0 Å². The lowest BCUT2D eigenvalue weighted by Gasteiger charge is -2.06. The predicted octanol–water partition coefficient (Wildman–Crippen LogP) is 2.21. The van der Waals surface area contributed by atoms with Crippen LogP contribution >= 0.6 is 0 Å². The van der Waals surface area contributed by atoms with Crippen LogP contribution < -0.4 is 10.3 Å². The van der Waals surface area contributed by atoms with Crippen molar-refractivity contribution in [1.82, 2.24) is 14.9 Å². The second-order valence-electron chi connectivity index (χ2n) is 5.25. The number of hydrogen-bond donors (Lipinski definition) is 1. The molecule has 3 rings (SSSR count). The van der Waals surface area contributed by atoms with Crippen molar-refractivity contribution in [2.45, 2.75) is 6.92 Å². The molecule has 0 fully saturated rings. The Bertz CT molecular complexity index is 981. The molecular weight excluding hydrogens is 320 g/mol. The van der Waals surface area contributed by atoms with E-state index in [0.29, 0.717) is 22.7 Å². The van der Waals surface area contributed by atoms with E-state index in [4.69, 9.17) is 4.74 Å². The Hall–Kier alpha value is -3.48. The minimum absolute atomic E-state index is 0.00616. The molecule has 25 heavy (non-hydrogen) atoms. The van der Waals surface area contributed by atoms with Crippen LogP contribution in [0.2, 0.25) is 0 Å². The van der Waals surface area contributed by atoms with Crippen LogP contribution in [0.15, 0.2) is 58.4 Å². The fourth-order valence-corrected chi connectivity index (χ4v) is 2.28. The summed E-state index contributed by atoms with van der Waals surface area (Å²) >= 11 is 0. The topological polar surface area (TPSA) is 89.6 Å². The maximum Gasteiger partial charge on any atom is 0.301 e. The molecule has 0 aliphatic heterocycles. The van der Waals surface area contributed by atoms with Crippen LogP contribution in [0.4, 0.5) is 0 Å². The maximum absolute atomic E-state index is 12.7. The van der Waals surface area contributed by atoms with Crippen molar-refractivity contribution >= 4 is 6.21 Å². The molecule has 0 spiro atoms. The molecule has 0 saturated heterocycles. The van der Waals surface area contributed by atoms with Gasteiger partial charge in [-0.15, -0.1) is 10.2 Å². The van der Waals surface area contributed by atoms with Gasteiger partial charge in [-0.05, 0) is 30.7 Å². The van der Waals surface area contributed by atoms with E-state index in [1.54, 1.807) is 31.2 Å². The Morgan fingerprint density at radius 3 is 2.60 bits per heavy atom. The van der Waals surface area contributed by atoms with Crippen LogP contribution in [-0.2, 0) is 0 Å². The van der Waals surface area contributed by atoms with Crippen molar-refractivity contribution in [2.24, 2.45) is 5.10 Å². The predicted molar refractivity (Wildman–Crippen MR) is 94.1 cm³/mol. The third-order valence-electron chi connectivity index (χ3n) is 3.57. The van der Waals surface area contributed by atoms with E-state index in [0.717, 1.165) is 0 Å². The SMILES string of the molecule is COc1ccc(/C=N/n2c(C)nnc(-c3ccccc3)c2=O)cc1O. The molecule has 2 aromatic carbocycles. The Morgan fingerprint density at radius 1 is 1.16 bits per heavy atom. The smallest absolute Gasteiger partial charge is 0.301 e. The third-order valence-corrected chi connectivity index (χ3v) is 3.57. The van der Waals surface area contributed by atoms with Crippen molar-refractivity contribution < 1.29 is 9.84 Å². The summed E-state index contributed by atoms with van der Waals surface area (Å²) in [5, 5.41) is 22.0. The number of ether oxygens (including phenoxy) is 1. The van der Waals surface area contributed by atoms with Gasteiger partial charge in [0.2, 0.25) is 0 Å². The molecule has 126 valence electrons. The highest BCUT2D eigenvalue weighted by Gasteiger charge is 2.10. The van der Waals surface area contributed by atoms with E-state index in [-0.39, 0.29) is 17.0 Å². The first-order valence-corrected chi connectivity index (χ1v) is 7.53. The first-order chi connectivity index (χ1) is 12.1. The number of nitrogens with zero attached hydrogens (tertiary/aromatic N) is 4. The number of methoxy groups -OCH3 is 1. The molecule has 7 heteroatoms. The number of rotatable bonds is 4. The lowest BCUT2D eigenvalue weighted by Crippen LogP contribution is -2.23. The summed E-state index contributed by atoms with van der Waals surface area (Å²) < 4.78 is 6.17. The van der Waals surface area contributed by atoms with Crippen LogP contribution in [0.3, 0.4) is 0 Å². The van der Waals surface area contributed by atoms with Gasteiger partial charge in [0.1, 0.15) is 0 Å². The minimum Gasteiger partial charge on any atom is -0.504 e. The normalized spacial score (nSPS) is 11.0. The van der Waals surface area contributed by atoms with E-state index in [9.17, 15) is 9.90 Å². The largest absolute Gasteiger partial charge is 0.504 e. The van der Waals surface area contributed by atoms with Gasteiger partial charge in [-0.1, -0.05) is 30.3 Å². The van der Waals surface area contributed by atoms with Gasteiger partial charge < -0.3 is 9.84 Å². The van der Waals surface area contributed by atoms with Crippen LogP contribution in [0.25, 0.3) is 11.3 Å². The van der Waals surface area contributed by atoms with E-state index in [1.807, 2.05) is 18.2 Å². The highest BCUT2D eigenvalue weighted by atomic mass is 16.5. The van der Waals surface area contributed by atoms with Gasteiger partial charge in [-0.2, -0.15) is 9.78 Å². The molecule has 1 N–H and O–H groups in total. The maximum atomic E-state index is 12.7. The van der Waals surface area contributed by atoms with Gasteiger partial charge in [0.25, 0.3) is 0 Å². The first kappa shape index (κ1) is 16.4. The van der Waals surface area contributed by atoms with Crippen LogP contribution in [-0.4, -0.2) is 33.3 Å². The Labute approximate surface area is 143 Å². The van der Waals surface area contributed by atoms with Crippen LogP contribution in [0, 0.1) is 6.92 Å². The average molecular weight is 336 g/mol. The fraction of sp³-hybridized carbons (Fsp3) is 0.111. The molecule has 0 bridgehead atoms. The van der Waals surface area contributed by atoms with Crippen LogP contribution in [0.5, 0.6) is 11.5 Å².